The van der Waals surface area contributed by atoms with Crippen molar-refractivity contribution in [3.05, 3.63) is 65.7 Å². The molecule has 3 nitrogen and oxygen atoms in total. The number of rotatable bonds is 6. The van der Waals surface area contributed by atoms with Crippen LogP contribution in [-0.4, -0.2) is 29.3 Å². The van der Waals surface area contributed by atoms with Crippen molar-refractivity contribution < 1.29 is 9.18 Å². The Balaban J connectivity index is 1.84. The van der Waals surface area contributed by atoms with E-state index in [1.165, 1.54) is 12.1 Å². The van der Waals surface area contributed by atoms with Crippen molar-refractivity contribution in [2.45, 2.75) is 13.0 Å². The minimum absolute atomic E-state index is 0.0393. The first-order valence-electron chi connectivity index (χ1n) is 6.51. The van der Waals surface area contributed by atoms with E-state index in [-0.39, 0.29) is 11.6 Å². The highest BCUT2D eigenvalue weighted by atomic mass is 19.1. The van der Waals surface area contributed by atoms with Gasteiger partial charge in [0.2, 0.25) is 0 Å². The Bertz CT molecular complexity index is 572. The van der Waals surface area contributed by atoms with Crippen LogP contribution in [0, 0.1) is 5.82 Å². The van der Waals surface area contributed by atoms with E-state index < -0.39 is 0 Å². The fourth-order valence-corrected chi connectivity index (χ4v) is 1.98. The number of ketones is 1. The summed E-state index contributed by atoms with van der Waals surface area (Å²) in [5, 5.41) is 0. The smallest absolute Gasteiger partial charge is 0.164 e. The van der Waals surface area contributed by atoms with Crippen LogP contribution < -0.4 is 0 Å². The second kappa shape index (κ2) is 6.91. The molecule has 4 heteroatoms. The van der Waals surface area contributed by atoms with Crippen molar-refractivity contribution in [3.8, 4) is 0 Å². The maximum Gasteiger partial charge on any atom is 0.164 e. The largest absolute Gasteiger partial charge is 0.302 e. The summed E-state index contributed by atoms with van der Waals surface area (Å²) in [5.41, 5.74) is 1.54. The molecule has 0 spiro atoms. The third-order valence-corrected chi connectivity index (χ3v) is 3.04. The predicted octanol–water partition coefficient (Wildman–Crippen LogP) is 2.93. The van der Waals surface area contributed by atoms with E-state index >= 15 is 0 Å². The molecule has 2 rings (SSSR count). The van der Waals surface area contributed by atoms with Crippen molar-refractivity contribution >= 4 is 5.78 Å². The molecule has 0 radical (unpaired) electrons. The van der Waals surface area contributed by atoms with Crippen molar-refractivity contribution in [2.24, 2.45) is 0 Å². The fraction of sp³-hybridized carbons (Fsp3) is 0.250. The zero-order valence-electron chi connectivity index (χ0n) is 11.4. The van der Waals surface area contributed by atoms with Crippen molar-refractivity contribution in [1.29, 1.82) is 0 Å². The van der Waals surface area contributed by atoms with Crippen molar-refractivity contribution in [2.75, 3.05) is 13.6 Å². The lowest BCUT2D eigenvalue weighted by molar-refractivity contribution is 0.0967. The van der Waals surface area contributed by atoms with Crippen LogP contribution in [0.15, 0.2) is 48.8 Å². The van der Waals surface area contributed by atoms with Crippen molar-refractivity contribution in [1.82, 2.24) is 9.88 Å². The number of hydrogen-bond acceptors (Lipinski definition) is 3. The van der Waals surface area contributed by atoms with Gasteiger partial charge in [-0.05, 0) is 30.8 Å². The summed E-state index contributed by atoms with van der Waals surface area (Å²) in [6.07, 6.45) is 3.92. The number of benzene rings is 1. The van der Waals surface area contributed by atoms with Gasteiger partial charge in [-0.15, -0.1) is 0 Å². The maximum absolute atomic E-state index is 13.0. The van der Waals surface area contributed by atoms with Gasteiger partial charge >= 0.3 is 0 Å². The van der Waals surface area contributed by atoms with Gasteiger partial charge in [-0.1, -0.05) is 18.2 Å². The minimum Gasteiger partial charge on any atom is -0.302 e. The molecule has 0 fully saturated rings. The van der Waals surface area contributed by atoms with Crippen LogP contribution in [0.2, 0.25) is 0 Å². The van der Waals surface area contributed by atoms with Gasteiger partial charge in [0.05, 0.1) is 0 Å². The van der Waals surface area contributed by atoms with Crippen LogP contribution in [0.4, 0.5) is 4.39 Å². The molecule has 0 saturated carbocycles. The normalized spacial score (nSPS) is 10.8. The number of hydrogen-bond donors (Lipinski definition) is 0. The molecule has 20 heavy (non-hydrogen) atoms. The van der Waals surface area contributed by atoms with Crippen LogP contribution in [0.25, 0.3) is 0 Å². The summed E-state index contributed by atoms with van der Waals surface area (Å²) in [5.74, 6) is -0.415. The van der Waals surface area contributed by atoms with Gasteiger partial charge in [0.1, 0.15) is 5.82 Å². The Labute approximate surface area is 118 Å². The summed E-state index contributed by atoms with van der Waals surface area (Å²) in [4.78, 5) is 18.1. The van der Waals surface area contributed by atoms with Gasteiger partial charge < -0.3 is 4.90 Å². The third-order valence-electron chi connectivity index (χ3n) is 3.04. The number of carbonyl (C=O) groups excluding carboxylic acids is 1. The quantitative estimate of drug-likeness (QED) is 0.758. The average molecular weight is 272 g/mol. The van der Waals surface area contributed by atoms with Crippen LogP contribution in [0.1, 0.15) is 22.3 Å². The third kappa shape index (κ3) is 4.24. The molecule has 1 aromatic heterocycles. The van der Waals surface area contributed by atoms with Gasteiger partial charge in [0.15, 0.2) is 5.78 Å². The van der Waals surface area contributed by atoms with Crippen LogP contribution in [0.5, 0.6) is 0 Å². The zero-order valence-corrected chi connectivity index (χ0v) is 11.4. The Hall–Kier alpha value is -2.07. The van der Waals surface area contributed by atoms with Crippen molar-refractivity contribution in [3.63, 3.8) is 0 Å². The van der Waals surface area contributed by atoms with Gasteiger partial charge in [-0.3, -0.25) is 9.78 Å². The molecule has 0 amide bonds. The van der Waals surface area contributed by atoms with Gasteiger partial charge in [-0.2, -0.15) is 0 Å². The lowest BCUT2D eigenvalue weighted by Gasteiger charge is -2.15. The summed E-state index contributed by atoms with van der Waals surface area (Å²) in [6.45, 7) is 1.37. The van der Waals surface area contributed by atoms with E-state index in [9.17, 15) is 9.18 Å². The molecule has 0 N–H and O–H groups in total. The minimum atomic E-state index is -0.375. The standard InChI is InChI=1S/C16H17FN2O/c1-19(12-13-4-3-8-18-11-13)9-7-16(20)14-5-2-6-15(17)10-14/h2-6,8,10-11H,7,9,12H2,1H3. The summed E-state index contributed by atoms with van der Waals surface area (Å²) >= 11 is 0. The Kier molecular flexibility index (Phi) is 4.96. The Morgan fingerprint density at radius 2 is 2.15 bits per heavy atom. The number of pyridine rings is 1. The lowest BCUT2D eigenvalue weighted by atomic mass is 10.1. The zero-order chi connectivity index (χ0) is 14.4. The molecule has 0 aliphatic heterocycles. The van der Waals surface area contributed by atoms with Gasteiger partial charge in [0.25, 0.3) is 0 Å². The van der Waals surface area contributed by atoms with Crippen LogP contribution in [-0.2, 0) is 6.54 Å². The number of halogens is 1. The molecule has 2 aromatic rings. The molecule has 0 aliphatic carbocycles. The number of carbonyl (C=O) groups is 1. The lowest BCUT2D eigenvalue weighted by Crippen LogP contribution is -2.21. The summed E-state index contributed by atoms with van der Waals surface area (Å²) in [7, 11) is 1.95. The summed E-state index contributed by atoms with van der Waals surface area (Å²) in [6, 6.07) is 9.71. The van der Waals surface area contributed by atoms with Gasteiger partial charge in [-0.25, -0.2) is 4.39 Å². The van der Waals surface area contributed by atoms with Crippen LogP contribution >= 0.6 is 0 Å². The molecule has 0 saturated heterocycles. The summed E-state index contributed by atoms with van der Waals surface area (Å²) < 4.78 is 13.0. The highest BCUT2D eigenvalue weighted by Crippen LogP contribution is 2.08. The molecular formula is C16H17FN2O. The van der Waals surface area contributed by atoms with E-state index in [2.05, 4.69) is 4.98 Å². The average Bonchev–Trinajstić information content (AvgIpc) is 2.46. The number of nitrogens with zero attached hydrogens (tertiary/aromatic N) is 2. The highest BCUT2D eigenvalue weighted by Gasteiger charge is 2.08. The Morgan fingerprint density at radius 1 is 1.30 bits per heavy atom. The van der Waals surface area contributed by atoms with E-state index in [1.54, 1.807) is 18.3 Å². The fourth-order valence-electron chi connectivity index (χ4n) is 1.98. The molecule has 0 aliphatic rings. The first-order chi connectivity index (χ1) is 9.65. The highest BCUT2D eigenvalue weighted by molar-refractivity contribution is 5.96. The number of aromatic nitrogens is 1. The molecule has 1 heterocycles. The molecule has 0 atom stereocenters. The molecule has 1 aromatic carbocycles. The van der Waals surface area contributed by atoms with Gasteiger partial charge in [0, 0.05) is 37.5 Å². The molecule has 0 unspecified atom stereocenters. The van der Waals surface area contributed by atoms with E-state index in [1.807, 2.05) is 30.3 Å². The van der Waals surface area contributed by atoms with Crippen LogP contribution in [0.3, 0.4) is 0 Å². The topological polar surface area (TPSA) is 33.2 Å². The molecular weight excluding hydrogens is 255 g/mol. The SMILES string of the molecule is CN(CCC(=O)c1cccc(F)c1)Cc1cccnc1. The number of Topliss-reactive ketones (excluding diaryl/α,β-unsaturated/α-hetero) is 1. The first kappa shape index (κ1) is 14.3. The van der Waals surface area contributed by atoms with E-state index in [0.29, 0.717) is 18.5 Å². The molecule has 0 bridgehead atoms. The Morgan fingerprint density at radius 3 is 2.85 bits per heavy atom. The second-order valence-corrected chi connectivity index (χ2v) is 4.78. The van der Waals surface area contributed by atoms with E-state index in [0.717, 1.165) is 12.1 Å². The second-order valence-electron chi connectivity index (χ2n) is 4.78. The first-order valence-corrected chi connectivity index (χ1v) is 6.51. The van der Waals surface area contributed by atoms with E-state index in [4.69, 9.17) is 0 Å². The molecule has 104 valence electrons. The monoisotopic (exact) mass is 272 g/mol. The predicted molar refractivity (Wildman–Crippen MR) is 75.9 cm³/mol. The maximum atomic E-state index is 13.0.